The zero-order valence-electron chi connectivity index (χ0n) is 8.27. The maximum Gasteiger partial charge on any atom is 0.221 e. The minimum atomic E-state index is -0.239. The van der Waals surface area contributed by atoms with Crippen molar-refractivity contribution in [3.05, 3.63) is 29.6 Å². The van der Waals surface area contributed by atoms with Crippen LogP contribution in [0.1, 0.15) is 17.7 Å². The first-order chi connectivity index (χ1) is 7.24. The van der Waals surface area contributed by atoms with E-state index in [4.69, 9.17) is 10.5 Å². The molecule has 2 unspecified atom stereocenters. The lowest BCUT2D eigenvalue weighted by Crippen LogP contribution is -2.30. The first-order valence-electron chi connectivity index (χ1n) is 5.05. The molecule has 3 rings (SSSR count). The van der Waals surface area contributed by atoms with E-state index in [0.29, 0.717) is 13.2 Å². The Bertz CT molecular complexity index is 432. The highest BCUT2D eigenvalue weighted by Crippen LogP contribution is 2.56. The van der Waals surface area contributed by atoms with Crippen LogP contribution in [0.2, 0.25) is 0 Å². The van der Waals surface area contributed by atoms with Crippen molar-refractivity contribution in [2.45, 2.75) is 18.4 Å². The van der Waals surface area contributed by atoms with Gasteiger partial charge in [0.1, 0.15) is 0 Å². The van der Waals surface area contributed by atoms with Gasteiger partial charge in [0.25, 0.3) is 0 Å². The molecule has 1 spiro atoms. The van der Waals surface area contributed by atoms with Gasteiger partial charge in [-0.3, -0.25) is 9.78 Å². The van der Waals surface area contributed by atoms with E-state index in [-0.39, 0.29) is 17.2 Å². The molecule has 1 fully saturated rings. The van der Waals surface area contributed by atoms with Crippen molar-refractivity contribution in [3.63, 3.8) is 0 Å². The molecule has 78 valence electrons. The van der Waals surface area contributed by atoms with E-state index in [2.05, 4.69) is 4.98 Å². The van der Waals surface area contributed by atoms with Crippen LogP contribution in [0.15, 0.2) is 18.3 Å². The highest BCUT2D eigenvalue weighted by atomic mass is 16.5. The Kier molecular flexibility index (Phi) is 1.65. The monoisotopic (exact) mass is 204 g/mol. The number of nitrogens with two attached hydrogens (primary N) is 1. The zero-order chi connectivity index (χ0) is 10.5. The van der Waals surface area contributed by atoms with Crippen LogP contribution in [0.3, 0.4) is 0 Å². The number of hydrogen-bond donors (Lipinski definition) is 1. The average molecular weight is 204 g/mol. The van der Waals surface area contributed by atoms with E-state index in [9.17, 15) is 4.79 Å². The quantitative estimate of drug-likeness (QED) is 0.718. The molecule has 4 heteroatoms. The molecule has 2 N–H and O–H groups in total. The third-order valence-corrected chi connectivity index (χ3v) is 3.40. The van der Waals surface area contributed by atoms with E-state index in [1.54, 1.807) is 6.20 Å². The Hall–Kier alpha value is -1.42. The van der Waals surface area contributed by atoms with Crippen molar-refractivity contribution in [2.75, 3.05) is 6.61 Å². The van der Waals surface area contributed by atoms with Crippen LogP contribution >= 0.6 is 0 Å². The summed E-state index contributed by atoms with van der Waals surface area (Å²) in [6, 6.07) is 3.89. The van der Waals surface area contributed by atoms with Gasteiger partial charge in [-0.15, -0.1) is 0 Å². The second-order valence-electron chi connectivity index (χ2n) is 4.32. The molecule has 0 saturated heterocycles. The summed E-state index contributed by atoms with van der Waals surface area (Å²) < 4.78 is 5.51. The van der Waals surface area contributed by atoms with Crippen LogP contribution in [-0.4, -0.2) is 17.5 Å². The van der Waals surface area contributed by atoms with Gasteiger partial charge in [-0.2, -0.15) is 0 Å². The third kappa shape index (κ3) is 1.11. The molecule has 4 nitrogen and oxygen atoms in total. The zero-order valence-corrected chi connectivity index (χ0v) is 8.27. The molecular formula is C11H12N2O2. The molecule has 0 radical (unpaired) electrons. The van der Waals surface area contributed by atoms with E-state index in [0.717, 1.165) is 17.7 Å². The lowest BCUT2D eigenvalue weighted by Gasteiger charge is -2.24. The van der Waals surface area contributed by atoms with Gasteiger partial charge < -0.3 is 10.5 Å². The Morgan fingerprint density at radius 3 is 3.27 bits per heavy atom. The second-order valence-corrected chi connectivity index (χ2v) is 4.32. The first-order valence-corrected chi connectivity index (χ1v) is 5.05. The first kappa shape index (κ1) is 8.85. The van der Waals surface area contributed by atoms with Gasteiger partial charge in [0.05, 0.1) is 24.8 Å². The van der Waals surface area contributed by atoms with Gasteiger partial charge in [0.2, 0.25) is 5.91 Å². The number of nitrogens with zero attached hydrogens (tertiary/aromatic N) is 1. The summed E-state index contributed by atoms with van der Waals surface area (Å²) in [5.41, 5.74) is 7.23. The second kappa shape index (κ2) is 2.79. The molecule has 15 heavy (non-hydrogen) atoms. The summed E-state index contributed by atoms with van der Waals surface area (Å²) in [7, 11) is 0. The van der Waals surface area contributed by atoms with E-state index in [1.165, 1.54) is 0 Å². The van der Waals surface area contributed by atoms with Crippen LogP contribution in [0.5, 0.6) is 0 Å². The minimum Gasteiger partial charge on any atom is -0.376 e. The molecule has 0 bridgehead atoms. The number of aromatic nitrogens is 1. The largest absolute Gasteiger partial charge is 0.376 e. The highest BCUT2D eigenvalue weighted by molar-refractivity contribution is 5.82. The Morgan fingerprint density at radius 1 is 1.67 bits per heavy atom. The molecule has 2 atom stereocenters. The standard InChI is InChI=1S/C11H12N2O2/c12-10(14)8-4-11(8)6-15-5-7-2-1-3-13-9(7)11/h1-3,8H,4-6H2,(H2,12,14). The fourth-order valence-electron chi connectivity index (χ4n) is 2.51. The summed E-state index contributed by atoms with van der Waals surface area (Å²) in [4.78, 5) is 15.6. The predicted octanol–water partition coefficient (Wildman–Crippen LogP) is 0.355. The van der Waals surface area contributed by atoms with E-state index >= 15 is 0 Å². The SMILES string of the molecule is NC(=O)C1CC12COCc1cccnc12. The summed E-state index contributed by atoms with van der Waals surface area (Å²) in [6.07, 6.45) is 2.55. The normalized spacial score (nSPS) is 32.4. The van der Waals surface area contributed by atoms with Crippen LogP contribution in [-0.2, 0) is 21.6 Å². The van der Waals surface area contributed by atoms with Crippen molar-refractivity contribution in [3.8, 4) is 0 Å². The fourth-order valence-corrected chi connectivity index (χ4v) is 2.51. The fraction of sp³-hybridized carbons (Fsp3) is 0.455. The van der Waals surface area contributed by atoms with Gasteiger partial charge in [0, 0.05) is 11.6 Å². The molecule has 0 aromatic carbocycles. The van der Waals surface area contributed by atoms with Gasteiger partial charge in [-0.1, -0.05) is 6.07 Å². The van der Waals surface area contributed by atoms with Crippen LogP contribution in [0.25, 0.3) is 0 Å². The molecule has 2 aliphatic rings. The van der Waals surface area contributed by atoms with Gasteiger partial charge >= 0.3 is 0 Å². The molecule has 1 aromatic rings. The number of hydrogen-bond acceptors (Lipinski definition) is 3. The molecule has 1 saturated carbocycles. The van der Waals surface area contributed by atoms with Crippen molar-refractivity contribution >= 4 is 5.91 Å². The molecule has 1 aliphatic heterocycles. The number of fused-ring (bicyclic) bond motifs is 2. The molecular weight excluding hydrogens is 192 g/mol. The number of pyridine rings is 1. The number of amides is 1. The lowest BCUT2D eigenvalue weighted by molar-refractivity contribution is -0.120. The average Bonchev–Trinajstić information content (AvgIpc) is 2.95. The molecule has 1 aliphatic carbocycles. The molecule has 1 aromatic heterocycles. The summed E-state index contributed by atoms with van der Waals surface area (Å²) in [5.74, 6) is -0.330. The summed E-state index contributed by atoms with van der Waals surface area (Å²) in [5, 5.41) is 0. The van der Waals surface area contributed by atoms with Crippen LogP contribution in [0.4, 0.5) is 0 Å². The smallest absolute Gasteiger partial charge is 0.221 e. The van der Waals surface area contributed by atoms with Gasteiger partial charge in [-0.05, 0) is 18.1 Å². The van der Waals surface area contributed by atoms with Crippen LogP contribution < -0.4 is 5.73 Å². The number of carbonyl (C=O) groups excluding carboxylic acids is 1. The van der Waals surface area contributed by atoms with E-state index in [1.807, 2.05) is 12.1 Å². The van der Waals surface area contributed by atoms with Crippen molar-refractivity contribution in [1.29, 1.82) is 0 Å². The molecule has 1 amide bonds. The Balaban J connectivity index is 2.05. The topological polar surface area (TPSA) is 65.2 Å². The van der Waals surface area contributed by atoms with Gasteiger partial charge in [-0.25, -0.2) is 0 Å². The van der Waals surface area contributed by atoms with Gasteiger partial charge in [0.15, 0.2) is 0 Å². The number of rotatable bonds is 1. The Morgan fingerprint density at radius 2 is 2.53 bits per heavy atom. The number of carbonyl (C=O) groups is 1. The minimum absolute atomic E-state index is 0.0913. The highest BCUT2D eigenvalue weighted by Gasteiger charge is 2.61. The predicted molar refractivity (Wildman–Crippen MR) is 52.9 cm³/mol. The van der Waals surface area contributed by atoms with Crippen molar-refractivity contribution < 1.29 is 9.53 Å². The molecule has 2 heterocycles. The van der Waals surface area contributed by atoms with Crippen molar-refractivity contribution in [2.24, 2.45) is 11.7 Å². The third-order valence-electron chi connectivity index (χ3n) is 3.40. The maximum atomic E-state index is 11.2. The van der Waals surface area contributed by atoms with Crippen LogP contribution in [0, 0.1) is 5.92 Å². The number of primary amides is 1. The van der Waals surface area contributed by atoms with Crippen molar-refractivity contribution in [1.82, 2.24) is 4.98 Å². The maximum absolute atomic E-state index is 11.2. The summed E-state index contributed by atoms with van der Waals surface area (Å²) >= 11 is 0. The summed E-state index contributed by atoms with van der Waals surface area (Å²) in [6.45, 7) is 1.17. The van der Waals surface area contributed by atoms with E-state index < -0.39 is 0 Å². The number of ether oxygens (including phenoxy) is 1. The lowest BCUT2D eigenvalue weighted by atomic mass is 9.93. The Labute approximate surface area is 87.4 Å².